The minimum atomic E-state index is -3.97. The van der Waals surface area contributed by atoms with E-state index in [0.29, 0.717) is 12.1 Å². The van der Waals surface area contributed by atoms with Crippen LogP contribution in [-0.2, 0) is 14.8 Å². The predicted molar refractivity (Wildman–Crippen MR) is 110 cm³/mol. The molecule has 0 aliphatic heterocycles. The number of hydrogen-bond acceptors (Lipinski definition) is 5. The molecule has 1 atom stereocenters. The highest BCUT2D eigenvalue weighted by atomic mass is 32.2. The lowest BCUT2D eigenvalue weighted by atomic mass is 10.0. The van der Waals surface area contributed by atoms with E-state index in [-0.39, 0.29) is 23.3 Å². The minimum absolute atomic E-state index is 0.102. The van der Waals surface area contributed by atoms with Gasteiger partial charge in [0, 0.05) is 12.2 Å². The summed E-state index contributed by atoms with van der Waals surface area (Å²) in [6, 6.07) is 9.05. The Morgan fingerprint density at radius 1 is 1.11 bits per heavy atom. The maximum atomic E-state index is 13.5. The van der Waals surface area contributed by atoms with Gasteiger partial charge in [-0.3, -0.25) is 10.0 Å². The van der Waals surface area contributed by atoms with Crippen LogP contribution in [0.2, 0.25) is 0 Å². The second-order valence-electron chi connectivity index (χ2n) is 7.73. The summed E-state index contributed by atoms with van der Waals surface area (Å²) in [6.45, 7) is 7.65. The summed E-state index contributed by atoms with van der Waals surface area (Å²) in [5.74, 6) is -0.812. The molecule has 154 valence electrons. The minimum Gasteiger partial charge on any atom is -0.399 e. The average Bonchev–Trinajstić information content (AvgIpc) is 2.63. The Balaban J connectivity index is 2.55. The van der Waals surface area contributed by atoms with Gasteiger partial charge >= 0.3 is 0 Å². The van der Waals surface area contributed by atoms with Gasteiger partial charge in [0.05, 0.1) is 4.90 Å². The van der Waals surface area contributed by atoms with Crippen molar-refractivity contribution in [2.24, 2.45) is 11.8 Å². The Bertz CT molecular complexity index is 942. The number of carbonyl (C=O) groups is 1. The Labute approximate surface area is 166 Å². The lowest BCUT2D eigenvalue weighted by molar-refractivity contribution is -0.134. The summed E-state index contributed by atoms with van der Waals surface area (Å²) in [5.41, 5.74) is 8.00. The number of carbonyl (C=O) groups excluding carboxylic acids is 1. The molecule has 28 heavy (non-hydrogen) atoms. The monoisotopic (exact) mass is 407 g/mol. The number of nitrogens with one attached hydrogen (secondary N) is 1. The zero-order valence-electron chi connectivity index (χ0n) is 16.7. The molecule has 1 unspecified atom stereocenters. The van der Waals surface area contributed by atoms with Crippen molar-refractivity contribution >= 4 is 32.4 Å². The van der Waals surface area contributed by atoms with Gasteiger partial charge in [0.15, 0.2) is 0 Å². The number of nitrogens with two attached hydrogens (primary N) is 1. The molecule has 7 nitrogen and oxygen atoms in total. The number of nitrogen functional groups attached to an aromatic ring is 1. The van der Waals surface area contributed by atoms with Gasteiger partial charge in [-0.15, -0.1) is 0 Å². The second kappa shape index (κ2) is 8.89. The number of benzene rings is 2. The van der Waals surface area contributed by atoms with Crippen molar-refractivity contribution in [1.29, 1.82) is 0 Å². The first-order chi connectivity index (χ1) is 13.1. The summed E-state index contributed by atoms with van der Waals surface area (Å²) in [4.78, 5) is 12.4. The number of rotatable bonds is 8. The highest BCUT2D eigenvalue weighted by Crippen LogP contribution is 2.27. The van der Waals surface area contributed by atoms with Crippen LogP contribution in [0.4, 0.5) is 5.69 Å². The molecule has 0 fully saturated rings. The molecule has 2 aromatic rings. The molecule has 0 radical (unpaired) electrons. The van der Waals surface area contributed by atoms with Crippen LogP contribution in [0.1, 0.15) is 34.1 Å². The number of anilines is 1. The van der Waals surface area contributed by atoms with E-state index >= 15 is 0 Å². The van der Waals surface area contributed by atoms with E-state index in [1.807, 2.05) is 13.8 Å². The highest BCUT2D eigenvalue weighted by molar-refractivity contribution is 7.89. The Hall–Kier alpha value is -2.16. The van der Waals surface area contributed by atoms with Crippen LogP contribution < -0.4 is 11.2 Å². The zero-order valence-corrected chi connectivity index (χ0v) is 17.5. The van der Waals surface area contributed by atoms with Crippen LogP contribution in [0.5, 0.6) is 0 Å². The smallest absolute Gasteiger partial charge is 0.262 e. The maximum absolute atomic E-state index is 13.5. The first kappa shape index (κ1) is 22.1. The number of fused-ring (bicyclic) bond motifs is 1. The summed E-state index contributed by atoms with van der Waals surface area (Å²) in [5, 5.41) is 10.7. The first-order valence-electron chi connectivity index (χ1n) is 9.33. The van der Waals surface area contributed by atoms with Gasteiger partial charge in [0.25, 0.3) is 5.91 Å². The number of hydroxylamine groups is 1. The molecule has 2 aromatic carbocycles. The van der Waals surface area contributed by atoms with Crippen LogP contribution in [0.3, 0.4) is 0 Å². The van der Waals surface area contributed by atoms with Crippen LogP contribution in [0.15, 0.2) is 41.3 Å². The molecule has 2 rings (SSSR count). The molecule has 0 heterocycles. The fourth-order valence-corrected chi connectivity index (χ4v) is 4.94. The van der Waals surface area contributed by atoms with Gasteiger partial charge in [-0.2, -0.15) is 4.31 Å². The molecule has 8 heteroatoms. The van der Waals surface area contributed by atoms with E-state index in [1.54, 1.807) is 49.7 Å². The quantitative estimate of drug-likeness (QED) is 0.354. The summed E-state index contributed by atoms with van der Waals surface area (Å²) in [6.07, 6.45) is 0.589. The fraction of sp³-hybridized carbons (Fsp3) is 0.450. The molecular weight excluding hydrogens is 378 g/mol. The highest BCUT2D eigenvalue weighted by Gasteiger charge is 2.37. The molecule has 1 amide bonds. The van der Waals surface area contributed by atoms with E-state index in [1.165, 1.54) is 10.4 Å². The van der Waals surface area contributed by atoms with E-state index < -0.39 is 22.0 Å². The third-order valence-electron chi connectivity index (χ3n) is 4.69. The molecule has 0 aromatic heterocycles. The van der Waals surface area contributed by atoms with Crippen LogP contribution in [0, 0.1) is 11.8 Å². The Kier molecular flexibility index (Phi) is 7.03. The van der Waals surface area contributed by atoms with Crippen molar-refractivity contribution < 1.29 is 18.4 Å². The summed E-state index contributed by atoms with van der Waals surface area (Å²) in [7, 11) is -3.97. The third-order valence-corrected chi connectivity index (χ3v) is 6.57. The largest absolute Gasteiger partial charge is 0.399 e. The van der Waals surface area contributed by atoms with Crippen molar-refractivity contribution in [2.45, 2.75) is 45.1 Å². The molecule has 0 saturated heterocycles. The lowest BCUT2D eigenvalue weighted by Gasteiger charge is -2.32. The number of hydrogen-bond donors (Lipinski definition) is 3. The Morgan fingerprint density at radius 3 is 2.29 bits per heavy atom. The van der Waals surface area contributed by atoms with Crippen molar-refractivity contribution in [3.8, 4) is 0 Å². The van der Waals surface area contributed by atoms with Gasteiger partial charge < -0.3 is 5.73 Å². The van der Waals surface area contributed by atoms with E-state index in [0.717, 1.165) is 10.8 Å². The van der Waals surface area contributed by atoms with Crippen LogP contribution in [-0.4, -0.2) is 36.4 Å². The van der Waals surface area contributed by atoms with Crippen molar-refractivity contribution in [2.75, 3.05) is 12.3 Å². The van der Waals surface area contributed by atoms with Crippen molar-refractivity contribution in [3.63, 3.8) is 0 Å². The molecule has 0 saturated carbocycles. The van der Waals surface area contributed by atoms with E-state index in [4.69, 9.17) is 10.9 Å². The zero-order chi connectivity index (χ0) is 21.1. The molecule has 4 N–H and O–H groups in total. The van der Waals surface area contributed by atoms with Crippen LogP contribution >= 0.6 is 0 Å². The first-order valence-corrected chi connectivity index (χ1v) is 10.8. The third kappa shape index (κ3) is 4.81. The Morgan fingerprint density at radius 2 is 1.71 bits per heavy atom. The van der Waals surface area contributed by atoms with E-state index in [2.05, 4.69) is 0 Å². The van der Waals surface area contributed by atoms with E-state index in [9.17, 15) is 13.2 Å². The molecule has 0 aliphatic carbocycles. The van der Waals surface area contributed by atoms with Crippen molar-refractivity contribution in [1.82, 2.24) is 9.79 Å². The maximum Gasteiger partial charge on any atom is 0.262 e. The average molecular weight is 408 g/mol. The number of sulfonamides is 1. The standard InChI is InChI=1S/C20H29N3O4S/c1-13(2)9-10-23(19(14(3)4)20(24)22-25)28(26,27)18-8-6-15-11-17(21)7-5-16(15)12-18/h5-8,11-14,19,25H,9-10,21H2,1-4H3,(H,22,24). The van der Waals surface area contributed by atoms with Gasteiger partial charge in [-0.25, -0.2) is 13.9 Å². The molecular formula is C20H29N3O4S. The topological polar surface area (TPSA) is 113 Å². The van der Waals surface area contributed by atoms with Crippen molar-refractivity contribution in [3.05, 3.63) is 36.4 Å². The van der Waals surface area contributed by atoms with Gasteiger partial charge in [0.1, 0.15) is 6.04 Å². The SMILES string of the molecule is CC(C)CCN(C(C(=O)NO)C(C)C)S(=O)(=O)c1ccc2cc(N)ccc2c1. The number of nitrogens with zero attached hydrogens (tertiary/aromatic N) is 1. The molecule has 0 bridgehead atoms. The predicted octanol–water partition coefficient (Wildman–Crippen LogP) is 2.99. The normalized spacial score (nSPS) is 13.4. The fourth-order valence-electron chi connectivity index (χ4n) is 3.16. The molecule has 0 aliphatic rings. The summed E-state index contributed by atoms with van der Waals surface area (Å²) < 4.78 is 28.1. The van der Waals surface area contributed by atoms with Crippen LogP contribution in [0.25, 0.3) is 10.8 Å². The van der Waals surface area contributed by atoms with Gasteiger partial charge in [-0.1, -0.05) is 39.8 Å². The summed E-state index contributed by atoms with van der Waals surface area (Å²) >= 11 is 0. The second-order valence-corrected chi connectivity index (χ2v) is 9.62. The van der Waals surface area contributed by atoms with Gasteiger partial charge in [-0.05, 0) is 53.3 Å². The number of amides is 1. The molecule has 0 spiro atoms. The lowest BCUT2D eigenvalue weighted by Crippen LogP contribution is -2.52. The van der Waals surface area contributed by atoms with Gasteiger partial charge in [0.2, 0.25) is 10.0 Å².